The highest BCUT2D eigenvalue weighted by atomic mass is 32.2. The third-order valence-electron chi connectivity index (χ3n) is 15.2. The van der Waals surface area contributed by atoms with Crippen LogP contribution in [0.2, 0.25) is 0 Å². The molecule has 0 spiro atoms. The van der Waals surface area contributed by atoms with Crippen LogP contribution in [0.25, 0.3) is 0 Å². The Hall–Kier alpha value is -3.95. The van der Waals surface area contributed by atoms with Crippen molar-refractivity contribution in [1.82, 2.24) is 24.3 Å². The van der Waals surface area contributed by atoms with Gasteiger partial charge in [0.25, 0.3) is 0 Å². The monoisotopic (exact) mass is 1550 g/mol. The molecule has 0 fully saturated rings. The quantitative estimate of drug-likeness (QED) is 0.0265. The summed E-state index contributed by atoms with van der Waals surface area (Å²) < 4.78 is 45.2. The Labute approximate surface area is 625 Å². The molecule has 25 nitrogen and oxygen atoms in total. The van der Waals surface area contributed by atoms with Gasteiger partial charge in [0.2, 0.25) is 11.8 Å². The highest BCUT2D eigenvalue weighted by Crippen LogP contribution is 2.25. The lowest BCUT2D eigenvalue weighted by Gasteiger charge is -2.32. The number of esters is 7. The lowest BCUT2D eigenvalue weighted by molar-refractivity contribution is -0.171. The minimum atomic E-state index is -1.23. The first kappa shape index (κ1) is 100. The minimum absolute atomic E-state index is 0.0441. The summed E-state index contributed by atoms with van der Waals surface area (Å²) in [6, 6.07) is 0. The number of amides is 2. The molecule has 582 valence electrons. The molecule has 0 radical (unpaired) electrons. The van der Waals surface area contributed by atoms with Gasteiger partial charge in [-0.15, -0.1) is 0 Å². The Kier molecular flexibility index (Phi) is 61.5. The molecular formula is C68H123N5O20S7. The summed E-state index contributed by atoms with van der Waals surface area (Å²) in [6.07, 6.45) is 20.7. The fourth-order valence-corrected chi connectivity index (χ4v) is 9.50. The predicted octanol–water partition coefficient (Wildman–Crippen LogP) is 9.81. The number of nitrogens with one attached hydrogen (secondary N) is 2. The maximum absolute atomic E-state index is 13.0. The average molecular weight is 1560 g/mol. The van der Waals surface area contributed by atoms with Crippen molar-refractivity contribution < 1.29 is 81.0 Å². The van der Waals surface area contributed by atoms with Crippen LogP contribution in [0.1, 0.15) is 173 Å². The van der Waals surface area contributed by atoms with Crippen LogP contribution in [0.5, 0.6) is 0 Å². The molecule has 1 heterocycles. The summed E-state index contributed by atoms with van der Waals surface area (Å²) in [6.45, 7) is 24.8. The number of carbonyl (C=O) groups is 9. The van der Waals surface area contributed by atoms with Gasteiger partial charge in [0, 0.05) is 61.7 Å². The fraction of sp³-hybridized carbons (Fsp3) is 0.824. The van der Waals surface area contributed by atoms with Crippen molar-refractivity contribution in [3.05, 3.63) is 31.5 Å². The minimum Gasteiger partial charge on any atom is -0.465 e. The number of hydrogen-bond acceptors (Lipinski definition) is 27. The summed E-state index contributed by atoms with van der Waals surface area (Å²) >= 11 is 10.6. The van der Waals surface area contributed by atoms with E-state index in [1.54, 1.807) is 0 Å². The molecule has 1 aromatic rings. The molecule has 9 unspecified atom stereocenters. The summed E-state index contributed by atoms with van der Waals surface area (Å²) in [5.74, 6) is -2.61. The topological polar surface area (TPSA) is 318 Å². The number of rotatable bonds is 50. The van der Waals surface area contributed by atoms with Gasteiger partial charge in [-0.1, -0.05) is 103 Å². The number of nitrogens with zero attached hydrogens (tertiary/aromatic N) is 3. The smallest absolute Gasteiger partial charge is 0.336 e. The molecule has 9 atom stereocenters. The van der Waals surface area contributed by atoms with E-state index in [4.69, 9.17) is 37.9 Å². The Morgan fingerprint density at radius 2 is 0.600 bits per heavy atom. The van der Waals surface area contributed by atoms with Gasteiger partial charge < -0.3 is 48.5 Å². The molecule has 100 heavy (non-hydrogen) atoms. The maximum atomic E-state index is 13.0. The van der Waals surface area contributed by atoms with Crippen molar-refractivity contribution in [1.29, 1.82) is 0 Å². The third-order valence-corrected chi connectivity index (χ3v) is 22.0. The Bertz CT molecular complexity index is 2380. The molecule has 32 heteroatoms. The van der Waals surface area contributed by atoms with Crippen LogP contribution >= 0.6 is 82.3 Å². The molecule has 0 saturated carbocycles. The predicted molar refractivity (Wildman–Crippen MR) is 412 cm³/mol. The van der Waals surface area contributed by atoms with E-state index in [-0.39, 0.29) is 171 Å². The molecule has 0 saturated heterocycles. The van der Waals surface area contributed by atoms with Gasteiger partial charge in [0.15, 0.2) is 0 Å². The van der Waals surface area contributed by atoms with E-state index in [9.17, 15) is 57.5 Å². The van der Waals surface area contributed by atoms with Crippen LogP contribution in [-0.2, 0) is 101 Å². The average Bonchev–Trinajstić information content (AvgIpc) is 0.787. The molecule has 0 aromatic carbocycles. The summed E-state index contributed by atoms with van der Waals surface area (Å²) in [7, 11) is 0. The number of hydrogen-bond donors (Lipinski definition) is 2. The van der Waals surface area contributed by atoms with E-state index in [0.717, 1.165) is 65.4 Å². The van der Waals surface area contributed by atoms with Crippen LogP contribution in [-0.4, -0.2) is 214 Å². The van der Waals surface area contributed by atoms with Crippen LogP contribution in [0, 0.1) is 17.3 Å². The maximum Gasteiger partial charge on any atom is 0.336 e. The summed E-state index contributed by atoms with van der Waals surface area (Å²) in [5, 5.41) is 6.00. The summed E-state index contributed by atoms with van der Waals surface area (Å²) in [5.41, 5.74) is -4.00. The molecule has 0 aliphatic carbocycles. The highest BCUT2D eigenvalue weighted by molar-refractivity contribution is 8.00. The van der Waals surface area contributed by atoms with Crippen molar-refractivity contribution >= 4 is 136 Å². The number of unbranched alkanes of at least 4 members (excludes halogenated alkanes) is 2. The Morgan fingerprint density at radius 3 is 0.830 bits per heavy atom. The van der Waals surface area contributed by atoms with Crippen molar-refractivity contribution in [3.63, 3.8) is 0 Å². The van der Waals surface area contributed by atoms with Crippen molar-refractivity contribution in [2.45, 2.75) is 230 Å². The molecule has 0 bridgehead atoms. The molecular weight excluding hydrogens is 1430 g/mol. The van der Waals surface area contributed by atoms with Crippen molar-refractivity contribution in [2.24, 2.45) is 17.3 Å². The molecule has 0 aliphatic rings. The number of aromatic nitrogens is 3. The largest absolute Gasteiger partial charge is 0.465 e. The molecule has 1 aromatic heterocycles. The van der Waals surface area contributed by atoms with Gasteiger partial charge in [-0.05, 0) is 69.5 Å². The standard InChI is InChI=1S/C25H44O8S4.C24H39N3O9S3.C10H21NO2.C9H19NO/c1-17(34-5)9-21(26)30-13-25(14-31-22(27)10-18(2)35-6,15-32-23(28)11-19(3)36-7)16-33-24(29)12-20(4)37-8;1-16(37-4)13-19(28)34-10-7-25-22(31)26(8-11-35-20(29)14-17(2)38-5)24(33)27(23(25)32)9-12-36-21(30)15-18(3)39-6;1-4-6-7-13-8-11-10(12)9(3)5-2;1-4-6-7-10-9(11)8(3)5-2/h17-20H,9-16H2,1-8H3;16-18H,7-15H2,1-6H3;9H,4-8H2,1-3H3,(H,11,12);8H,4-7H2,1-3H3,(H,10,11). The molecule has 1 rings (SSSR count). The van der Waals surface area contributed by atoms with Gasteiger partial charge in [0.1, 0.15) is 58.4 Å². The van der Waals surface area contributed by atoms with Crippen LogP contribution in [0.3, 0.4) is 0 Å². The van der Waals surface area contributed by atoms with Crippen molar-refractivity contribution in [3.8, 4) is 0 Å². The Morgan fingerprint density at radius 1 is 0.360 bits per heavy atom. The van der Waals surface area contributed by atoms with Crippen LogP contribution in [0.15, 0.2) is 14.4 Å². The molecule has 2 amide bonds. The Balaban J connectivity index is -0.00000142. The van der Waals surface area contributed by atoms with E-state index in [1.165, 1.54) is 82.3 Å². The van der Waals surface area contributed by atoms with Gasteiger partial charge in [0.05, 0.1) is 64.6 Å². The van der Waals surface area contributed by atoms with Gasteiger partial charge in [-0.3, -0.25) is 43.2 Å². The lowest BCUT2D eigenvalue weighted by Crippen LogP contribution is -2.55. The second-order valence-electron chi connectivity index (χ2n) is 24.1. The zero-order valence-corrected chi connectivity index (χ0v) is 69.2. The number of carbonyl (C=O) groups excluding carboxylic acids is 9. The zero-order chi connectivity index (χ0) is 76.8. The van der Waals surface area contributed by atoms with E-state index in [2.05, 4.69) is 24.5 Å². The van der Waals surface area contributed by atoms with E-state index < -0.39 is 64.3 Å². The normalized spacial score (nSPS) is 14.2. The van der Waals surface area contributed by atoms with Crippen molar-refractivity contribution in [2.75, 3.05) is 110 Å². The van der Waals surface area contributed by atoms with E-state index in [1.807, 2.05) is 120 Å². The van der Waals surface area contributed by atoms with Crippen LogP contribution in [0.4, 0.5) is 0 Å². The number of ether oxygens (including phenoxy) is 8. The summed E-state index contributed by atoms with van der Waals surface area (Å²) in [4.78, 5) is 147. The lowest BCUT2D eigenvalue weighted by atomic mass is 9.92. The molecule has 2 N–H and O–H groups in total. The zero-order valence-electron chi connectivity index (χ0n) is 63.4. The van der Waals surface area contributed by atoms with Crippen LogP contribution < -0.4 is 27.7 Å². The number of thioether (sulfide) groups is 7. The second-order valence-corrected chi connectivity index (χ2v) is 33.0. The SMILES string of the molecule is CCCCNC(=O)C(C)CC.CCCCOCNC(=O)C(C)CC.CSC(C)CC(=O)OCC(COC(=O)CC(C)SC)(COC(=O)CC(C)SC)COC(=O)CC(C)SC.CSC(C)CC(=O)OCCn1c(=O)n(CCOC(=O)CC(C)SC)c(=O)n(CCOC(=O)CC(C)SC)c1=O. The fourth-order valence-electron chi connectivity index (χ4n) is 7.38. The van der Waals surface area contributed by atoms with Gasteiger partial charge in [-0.2, -0.15) is 82.3 Å². The first-order valence-corrected chi connectivity index (χ1v) is 43.2. The van der Waals surface area contributed by atoms with Gasteiger partial charge in [-0.25, -0.2) is 28.1 Å². The first-order valence-electron chi connectivity index (χ1n) is 34.1. The third kappa shape index (κ3) is 49.7. The second kappa shape index (κ2) is 61.4. The first-order chi connectivity index (χ1) is 47.3. The molecule has 0 aliphatic heterocycles. The van der Waals surface area contributed by atoms with E-state index >= 15 is 0 Å². The van der Waals surface area contributed by atoms with E-state index in [0.29, 0.717) is 6.73 Å². The highest BCUT2D eigenvalue weighted by Gasteiger charge is 2.38. The van der Waals surface area contributed by atoms with Gasteiger partial charge >= 0.3 is 58.9 Å².